The van der Waals surface area contributed by atoms with Crippen LogP contribution in [-0.4, -0.2) is 37.6 Å². The molecule has 0 aromatic carbocycles. The third kappa shape index (κ3) is 12.1. The number of halogens is 1. The van der Waals surface area contributed by atoms with Gasteiger partial charge in [0.25, 0.3) is 0 Å². The molecule has 0 saturated carbocycles. The normalized spacial score (nSPS) is 11.0. The Balaban J connectivity index is 0.00000484. The maximum absolute atomic E-state index is 4.24. The van der Waals surface area contributed by atoms with E-state index in [9.17, 15) is 0 Å². The summed E-state index contributed by atoms with van der Waals surface area (Å²) in [5, 5.41) is 10.0. The minimum absolute atomic E-state index is 0. The van der Waals surface area contributed by atoms with Crippen molar-refractivity contribution in [1.82, 2.24) is 15.6 Å². The molecule has 0 radical (unpaired) electrons. The Morgan fingerprint density at radius 2 is 1.78 bits per heavy atom. The molecule has 1 aromatic heterocycles. The van der Waals surface area contributed by atoms with Crippen LogP contribution in [0, 0.1) is 5.92 Å². The molecule has 1 rings (SSSR count). The molecule has 0 unspecified atom stereocenters. The highest BCUT2D eigenvalue weighted by molar-refractivity contribution is 14.0. The average Bonchev–Trinajstić information content (AvgIpc) is 2.53. The number of anilines is 1. The monoisotopic (exact) mass is 433 g/mol. The third-order valence-electron chi connectivity index (χ3n) is 3.34. The van der Waals surface area contributed by atoms with Crippen molar-refractivity contribution in [2.75, 3.05) is 32.0 Å². The van der Waals surface area contributed by atoms with Crippen LogP contribution in [0.4, 0.5) is 5.82 Å². The zero-order valence-electron chi connectivity index (χ0n) is 14.6. The number of guanidine groups is 1. The van der Waals surface area contributed by atoms with Crippen molar-refractivity contribution in [2.24, 2.45) is 10.9 Å². The minimum atomic E-state index is 0. The van der Waals surface area contributed by atoms with Gasteiger partial charge in [0.2, 0.25) is 0 Å². The van der Waals surface area contributed by atoms with Gasteiger partial charge in [-0.25, -0.2) is 4.98 Å². The summed E-state index contributed by atoms with van der Waals surface area (Å²) in [5.41, 5.74) is 0. The summed E-state index contributed by atoms with van der Waals surface area (Å²) in [6, 6.07) is 5.90. The Morgan fingerprint density at radius 3 is 2.39 bits per heavy atom. The molecular formula is C17H32IN5. The van der Waals surface area contributed by atoms with E-state index >= 15 is 0 Å². The van der Waals surface area contributed by atoms with Crippen molar-refractivity contribution in [3.05, 3.63) is 24.4 Å². The van der Waals surface area contributed by atoms with Crippen molar-refractivity contribution < 1.29 is 0 Å². The smallest absolute Gasteiger partial charge is 0.190 e. The summed E-state index contributed by atoms with van der Waals surface area (Å²) in [6.45, 7) is 7.38. The van der Waals surface area contributed by atoms with E-state index in [2.05, 4.69) is 39.8 Å². The molecule has 5 nitrogen and oxygen atoms in total. The van der Waals surface area contributed by atoms with Crippen LogP contribution in [0.2, 0.25) is 0 Å². The molecule has 0 amide bonds. The van der Waals surface area contributed by atoms with Gasteiger partial charge in [-0.15, -0.1) is 24.0 Å². The standard InChI is InChI=1S/C17H31N5.HI/c1-15(2)9-8-14-22-17(18-3)21-13-7-6-12-20-16-10-4-5-11-19-16;/h4-5,10-11,15H,6-9,12-14H2,1-3H3,(H,19,20)(H2,18,21,22);1H. The van der Waals surface area contributed by atoms with Crippen LogP contribution in [0.5, 0.6) is 0 Å². The quantitative estimate of drug-likeness (QED) is 0.229. The molecular weight excluding hydrogens is 401 g/mol. The predicted octanol–water partition coefficient (Wildman–Crippen LogP) is 3.49. The highest BCUT2D eigenvalue weighted by atomic mass is 127. The first-order chi connectivity index (χ1) is 10.7. The number of hydrogen-bond acceptors (Lipinski definition) is 3. The Morgan fingerprint density at radius 1 is 1.09 bits per heavy atom. The predicted molar refractivity (Wildman–Crippen MR) is 111 cm³/mol. The maximum Gasteiger partial charge on any atom is 0.190 e. The number of unbranched alkanes of at least 4 members (excludes halogenated alkanes) is 1. The summed E-state index contributed by atoms with van der Waals surface area (Å²) >= 11 is 0. The van der Waals surface area contributed by atoms with E-state index in [1.807, 2.05) is 25.2 Å². The fraction of sp³-hybridized carbons (Fsp3) is 0.647. The summed E-state index contributed by atoms with van der Waals surface area (Å²) in [6.07, 6.45) is 6.45. The molecule has 132 valence electrons. The van der Waals surface area contributed by atoms with Gasteiger partial charge in [-0.3, -0.25) is 4.99 Å². The zero-order chi connectivity index (χ0) is 16.0. The molecule has 0 atom stereocenters. The van der Waals surface area contributed by atoms with Crippen LogP contribution < -0.4 is 16.0 Å². The van der Waals surface area contributed by atoms with E-state index in [1.54, 1.807) is 6.20 Å². The van der Waals surface area contributed by atoms with Gasteiger partial charge in [-0.2, -0.15) is 0 Å². The van der Waals surface area contributed by atoms with Crippen LogP contribution in [-0.2, 0) is 0 Å². The molecule has 0 bridgehead atoms. The number of nitrogens with one attached hydrogen (secondary N) is 3. The summed E-state index contributed by atoms with van der Waals surface area (Å²) in [7, 11) is 1.82. The molecule has 23 heavy (non-hydrogen) atoms. The summed E-state index contributed by atoms with van der Waals surface area (Å²) in [5.74, 6) is 2.61. The molecule has 3 N–H and O–H groups in total. The van der Waals surface area contributed by atoms with Crippen LogP contribution in [0.3, 0.4) is 0 Å². The van der Waals surface area contributed by atoms with Gasteiger partial charge in [0.15, 0.2) is 5.96 Å². The van der Waals surface area contributed by atoms with Gasteiger partial charge in [0.05, 0.1) is 0 Å². The molecule has 0 spiro atoms. The molecule has 6 heteroatoms. The molecule has 0 saturated heterocycles. The van der Waals surface area contributed by atoms with E-state index in [0.717, 1.165) is 50.2 Å². The lowest BCUT2D eigenvalue weighted by Gasteiger charge is -2.12. The Hall–Kier alpha value is -1.05. The summed E-state index contributed by atoms with van der Waals surface area (Å²) in [4.78, 5) is 8.48. The van der Waals surface area contributed by atoms with E-state index in [1.165, 1.54) is 12.8 Å². The fourth-order valence-electron chi connectivity index (χ4n) is 2.08. The van der Waals surface area contributed by atoms with Crippen molar-refractivity contribution in [3.63, 3.8) is 0 Å². The first kappa shape index (κ1) is 21.9. The van der Waals surface area contributed by atoms with E-state index in [0.29, 0.717) is 0 Å². The van der Waals surface area contributed by atoms with E-state index < -0.39 is 0 Å². The van der Waals surface area contributed by atoms with Gasteiger partial charge in [0, 0.05) is 32.9 Å². The Labute approximate surface area is 158 Å². The van der Waals surface area contributed by atoms with Gasteiger partial charge in [-0.1, -0.05) is 19.9 Å². The molecule has 0 fully saturated rings. The number of pyridine rings is 1. The second-order valence-electron chi connectivity index (χ2n) is 5.81. The minimum Gasteiger partial charge on any atom is -0.370 e. The van der Waals surface area contributed by atoms with Crippen molar-refractivity contribution in [3.8, 4) is 0 Å². The number of rotatable bonds is 10. The zero-order valence-corrected chi connectivity index (χ0v) is 17.0. The topological polar surface area (TPSA) is 61.3 Å². The molecule has 1 aromatic rings. The van der Waals surface area contributed by atoms with E-state index in [-0.39, 0.29) is 24.0 Å². The fourth-order valence-corrected chi connectivity index (χ4v) is 2.08. The maximum atomic E-state index is 4.24. The Kier molecular flexibility index (Phi) is 13.9. The molecule has 0 aliphatic rings. The van der Waals surface area contributed by atoms with Crippen LogP contribution >= 0.6 is 24.0 Å². The largest absolute Gasteiger partial charge is 0.370 e. The second-order valence-corrected chi connectivity index (χ2v) is 5.81. The first-order valence-corrected chi connectivity index (χ1v) is 8.31. The van der Waals surface area contributed by atoms with Crippen molar-refractivity contribution in [2.45, 2.75) is 39.5 Å². The Bertz CT molecular complexity index is 409. The average molecular weight is 433 g/mol. The number of hydrogen-bond donors (Lipinski definition) is 3. The second kappa shape index (κ2) is 14.5. The lowest BCUT2D eigenvalue weighted by molar-refractivity contribution is 0.549. The lowest BCUT2D eigenvalue weighted by Crippen LogP contribution is -2.38. The highest BCUT2D eigenvalue weighted by Crippen LogP contribution is 2.02. The SMILES string of the molecule is CN=C(NCCCCNc1ccccn1)NCCCC(C)C.I. The third-order valence-corrected chi connectivity index (χ3v) is 3.34. The van der Waals surface area contributed by atoms with Crippen LogP contribution in [0.1, 0.15) is 39.5 Å². The van der Waals surface area contributed by atoms with Crippen molar-refractivity contribution >= 4 is 35.8 Å². The number of nitrogens with zero attached hydrogens (tertiary/aromatic N) is 2. The highest BCUT2D eigenvalue weighted by Gasteiger charge is 1.98. The van der Waals surface area contributed by atoms with Gasteiger partial charge in [-0.05, 0) is 43.7 Å². The first-order valence-electron chi connectivity index (χ1n) is 8.31. The van der Waals surface area contributed by atoms with Crippen LogP contribution in [0.25, 0.3) is 0 Å². The van der Waals surface area contributed by atoms with Gasteiger partial charge < -0.3 is 16.0 Å². The van der Waals surface area contributed by atoms with E-state index in [4.69, 9.17) is 0 Å². The van der Waals surface area contributed by atoms with Crippen LogP contribution in [0.15, 0.2) is 29.4 Å². The van der Waals surface area contributed by atoms with Crippen molar-refractivity contribution in [1.29, 1.82) is 0 Å². The molecule has 1 heterocycles. The van der Waals surface area contributed by atoms with Gasteiger partial charge >= 0.3 is 0 Å². The lowest BCUT2D eigenvalue weighted by atomic mass is 10.1. The number of aromatic nitrogens is 1. The number of aliphatic imine (C=N–C) groups is 1. The molecule has 0 aliphatic heterocycles. The molecule has 0 aliphatic carbocycles. The summed E-state index contributed by atoms with van der Waals surface area (Å²) < 4.78 is 0. The van der Waals surface area contributed by atoms with Gasteiger partial charge in [0.1, 0.15) is 5.82 Å².